The van der Waals surface area contributed by atoms with Crippen molar-refractivity contribution in [2.45, 2.75) is 31.4 Å². The molecule has 0 atom stereocenters. The van der Waals surface area contributed by atoms with Gasteiger partial charge in [-0.25, -0.2) is 13.2 Å². The molecule has 6 heteroatoms. The molecule has 4 nitrogen and oxygen atoms in total. The van der Waals surface area contributed by atoms with Crippen LogP contribution in [-0.4, -0.2) is 25.2 Å². The van der Waals surface area contributed by atoms with Crippen LogP contribution in [0, 0.1) is 5.92 Å². The van der Waals surface area contributed by atoms with Gasteiger partial charge in [-0.05, 0) is 36.5 Å². The summed E-state index contributed by atoms with van der Waals surface area (Å²) in [6.07, 6.45) is 4.24. The minimum absolute atomic E-state index is 0.0377. The van der Waals surface area contributed by atoms with Gasteiger partial charge in [0.2, 0.25) is 0 Å². The minimum atomic E-state index is -3.15. The summed E-state index contributed by atoms with van der Waals surface area (Å²) in [5.41, 5.74) is 0.766. The molecule has 1 aromatic rings. The number of rotatable bonds is 5. The van der Waals surface area contributed by atoms with Crippen LogP contribution in [-0.2, 0) is 15.6 Å². The lowest BCUT2D eigenvalue weighted by molar-refractivity contribution is 0.0697. The van der Waals surface area contributed by atoms with E-state index in [2.05, 4.69) is 15.9 Å². The first-order valence-electron chi connectivity index (χ1n) is 6.59. The summed E-state index contributed by atoms with van der Waals surface area (Å²) < 4.78 is 24.9. The van der Waals surface area contributed by atoms with Crippen molar-refractivity contribution in [3.05, 3.63) is 33.8 Å². The number of hydrogen-bond donors (Lipinski definition) is 1. The largest absolute Gasteiger partial charge is 0.478 e. The molecule has 0 unspecified atom stereocenters. The molecule has 0 aromatic heterocycles. The van der Waals surface area contributed by atoms with Crippen LogP contribution in [0.25, 0.3) is 0 Å². The number of hydrogen-bond acceptors (Lipinski definition) is 3. The van der Waals surface area contributed by atoms with Crippen LogP contribution in [0.1, 0.15) is 41.6 Å². The maximum absolute atomic E-state index is 12.2. The Morgan fingerprint density at radius 3 is 2.50 bits per heavy atom. The van der Waals surface area contributed by atoms with Crippen LogP contribution in [0.2, 0.25) is 0 Å². The monoisotopic (exact) mass is 360 g/mol. The summed E-state index contributed by atoms with van der Waals surface area (Å²) in [6.45, 7) is 0. The predicted octanol–water partition coefficient (Wildman–Crippen LogP) is 3.25. The maximum atomic E-state index is 12.2. The van der Waals surface area contributed by atoms with Gasteiger partial charge in [0.05, 0.1) is 17.1 Å². The van der Waals surface area contributed by atoms with Gasteiger partial charge >= 0.3 is 5.97 Å². The van der Waals surface area contributed by atoms with E-state index in [9.17, 15) is 13.2 Å². The molecule has 0 radical (unpaired) electrons. The highest BCUT2D eigenvalue weighted by Gasteiger charge is 2.23. The second kappa shape index (κ2) is 6.26. The van der Waals surface area contributed by atoms with Crippen molar-refractivity contribution < 1.29 is 18.3 Å². The molecule has 1 aliphatic rings. The standard InChI is InChI=1S/C14H17BrO4S/c15-13-7-11(14(16)17)5-6-12(13)9-20(18,19)8-10-3-1-2-4-10/h5-7,10H,1-4,8-9H2,(H,16,17). The zero-order chi connectivity index (χ0) is 14.8. The number of carboxylic acid groups (broad SMARTS) is 1. The molecule has 1 saturated carbocycles. The molecule has 1 fully saturated rings. The van der Waals surface area contributed by atoms with Crippen molar-refractivity contribution >= 4 is 31.7 Å². The van der Waals surface area contributed by atoms with Crippen molar-refractivity contribution in [3.8, 4) is 0 Å². The number of carbonyl (C=O) groups is 1. The van der Waals surface area contributed by atoms with Gasteiger partial charge in [0.1, 0.15) is 0 Å². The number of benzene rings is 1. The van der Waals surface area contributed by atoms with Gasteiger partial charge in [-0.15, -0.1) is 0 Å². The van der Waals surface area contributed by atoms with Crippen LogP contribution in [0.4, 0.5) is 0 Å². The minimum Gasteiger partial charge on any atom is -0.478 e. The van der Waals surface area contributed by atoms with E-state index in [1.807, 2.05) is 0 Å². The van der Waals surface area contributed by atoms with E-state index in [0.717, 1.165) is 25.7 Å². The zero-order valence-electron chi connectivity index (χ0n) is 11.0. The molecular formula is C14H17BrO4S. The summed E-state index contributed by atoms with van der Waals surface area (Å²) in [5, 5.41) is 8.88. The molecular weight excluding hydrogens is 344 g/mol. The van der Waals surface area contributed by atoms with E-state index >= 15 is 0 Å². The van der Waals surface area contributed by atoms with Crippen molar-refractivity contribution in [3.63, 3.8) is 0 Å². The van der Waals surface area contributed by atoms with Crippen molar-refractivity contribution in [2.75, 3.05) is 5.75 Å². The van der Waals surface area contributed by atoms with Gasteiger partial charge < -0.3 is 5.11 Å². The lowest BCUT2D eigenvalue weighted by Gasteiger charge is -2.11. The molecule has 1 aliphatic carbocycles. The molecule has 0 heterocycles. The van der Waals surface area contributed by atoms with Gasteiger partial charge in [-0.3, -0.25) is 0 Å². The third-order valence-electron chi connectivity index (χ3n) is 3.64. The lowest BCUT2D eigenvalue weighted by Crippen LogP contribution is -2.16. The predicted molar refractivity (Wildman–Crippen MR) is 80.6 cm³/mol. The first kappa shape index (κ1) is 15.5. The maximum Gasteiger partial charge on any atom is 0.335 e. The lowest BCUT2D eigenvalue weighted by atomic mass is 10.1. The van der Waals surface area contributed by atoms with E-state index < -0.39 is 15.8 Å². The van der Waals surface area contributed by atoms with Crippen LogP contribution >= 0.6 is 15.9 Å². The fourth-order valence-electron chi connectivity index (χ4n) is 2.63. The molecule has 1 N–H and O–H groups in total. The summed E-state index contributed by atoms with van der Waals surface area (Å²) in [6, 6.07) is 4.45. The number of aromatic carboxylic acids is 1. The fourth-order valence-corrected chi connectivity index (χ4v) is 5.23. The summed E-state index contributed by atoms with van der Waals surface area (Å²) in [7, 11) is -3.15. The molecule has 20 heavy (non-hydrogen) atoms. The highest BCUT2D eigenvalue weighted by molar-refractivity contribution is 9.10. The quantitative estimate of drug-likeness (QED) is 0.874. The van der Waals surface area contributed by atoms with E-state index in [4.69, 9.17) is 5.11 Å². The smallest absolute Gasteiger partial charge is 0.335 e. The molecule has 110 valence electrons. The van der Waals surface area contributed by atoms with Gasteiger partial charge in [-0.1, -0.05) is 34.8 Å². The Bertz CT molecular complexity index is 604. The fraction of sp³-hybridized carbons (Fsp3) is 0.500. The summed E-state index contributed by atoms with van der Waals surface area (Å²) in [5.74, 6) is -0.535. The molecule has 2 rings (SSSR count). The van der Waals surface area contributed by atoms with Gasteiger partial charge in [0.25, 0.3) is 0 Å². The molecule has 0 spiro atoms. The molecule has 0 amide bonds. The van der Waals surface area contributed by atoms with Crippen molar-refractivity contribution in [1.82, 2.24) is 0 Å². The van der Waals surface area contributed by atoms with Crippen LogP contribution < -0.4 is 0 Å². The Kier molecular flexibility index (Phi) is 4.86. The summed E-state index contributed by atoms with van der Waals surface area (Å²) >= 11 is 3.25. The number of carboxylic acids is 1. The average molecular weight is 361 g/mol. The first-order valence-corrected chi connectivity index (χ1v) is 9.21. The highest BCUT2D eigenvalue weighted by atomic mass is 79.9. The van der Waals surface area contributed by atoms with Crippen molar-refractivity contribution in [2.24, 2.45) is 5.92 Å². The third-order valence-corrected chi connectivity index (χ3v) is 6.11. The highest BCUT2D eigenvalue weighted by Crippen LogP contribution is 2.28. The normalized spacial score (nSPS) is 16.4. The molecule has 0 bridgehead atoms. The van der Waals surface area contributed by atoms with E-state index in [1.54, 1.807) is 6.07 Å². The zero-order valence-corrected chi connectivity index (χ0v) is 13.4. The first-order chi connectivity index (χ1) is 9.37. The topological polar surface area (TPSA) is 71.4 Å². The second-order valence-electron chi connectivity index (χ2n) is 5.32. The Morgan fingerprint density at radius 2 is 1.95 bits per heavy atom. The van der Waals surface area contributed by atoms with Gasteiger partial charge in [0.15, 0.2) is 9.84 Å². The Hall–Kier alpha value is -0.880. The third kappa shape index (κ3) is 4.06. The second-order valence-corrected chi connectivity index (χ2v) is 8.28. The Labute approximate surface area is 127 Å². The van der Waals surface area contributed by atoms with Crippen LogP contribution in [0.3, 0.4) is 0 Å². The van der Waals surface area contributed by atoms with E-state index in [-0.39, 0.29) is 23.0 Å². The Morgan fingerprint density at radius 1 is 1.30 bits per heavy atom. The molecule has 1 aromatic carbocycles. The molecule has 0 saturated heterocycles. The Balaban J connectivity index is 2.10. The van der Waals surface area contributed by atoms with Crippen molar-refractivity contribution in [1.29, 1.82) is 0 Å². The van der Waals surface area contributed by atoms with E-state index in [1.165, 1.54) is 12.1 Å². The van der Waals surface area contributed by atoms with Gasteiger partial charge in [0, 0.05) is 4.47 Å². The number of sulfone groups is 1. The number of halogens is 1. The van der Waals surface area contributed by atoms with E-state index in [0.29, 0.717) is 10.0 Å². The van der Waals surface area contributed by atoms with Gasteiger partial charge in [-0.2, -0.15) is 0 Å². The average Bonchev–Trinajstić information content (AvgIpc) is 2.83. The molecule has 0 aliphatic heterocycles. The van der Waals surface area contributed by atoms with Crippen LogP contribution in [0.15, 0.2) is 22.7 Å². The SMILES string of the molecule is O=C(O)c1ccc(CS(=O)(=O)CC2CCCC2)c(Br)c1. The summed E-state index contributed by atoms with van der Waals surface area (Å²) in [4.78, 5) is 10.8. The van der Waals surface area contributed by atoms with Crippen LogP contribution in [0.5, 0.6) is 0 Å².